The minimum Gasteiger partial charge on any atom is -0.350 e. The summed E-state index contributed by atoms with van der Waals surface area (Å²) in [4.78, 5) is 12.4. The number of amides is 1. The summed E-state index contributed by atoms with van der Waals surface area (Å²) in [6.07, 6.45) is 2.13. The molecule has 0 aromatic heterocycles. The van der Waals surface area contributed by atoms with Crippen molar-refractivity contribution in [1.82, 2.24) is 9.62 Å². The number of nitrogens with one attached hydrogen (secondary N) is 1. The van der Waals surface area contributed by atoms with Gasteiger partial charge in [-0.15, -0.1) is 0 Å². The number of nitrogens with zero attached hydrogens (tertiary/aromatic N) is 1. The van der Waals surface area contributed by atoms with Crippen molar-refractivity contribution in [2.75, 3.05) is 14.1 Å². The first-order chi connectivity index (χ1) is 12.3. The Labute approximate surface area is 156 Å². The van der Waals surface area contributed by atoms with Crippen LogP contribution in [-0.2, 0) is 21.2 Å². The first kappa shape index (κ1) is 20.1. The molecule has 1 unspecified atom stereocenters. The summed E-state index contributed by atoms with van der Waals surface area (Å²) in [6, 6.07) is 16.5. The number of aryl methyl sites for hydroxylation is 1. The molecular weight excluding hydrogens is 348 g/mol. The summed E-state index contributed by atoms with van der Waals surface area (Å²) >= 11 is 0. The summed E-state index contributed by atoms with van der Waals surface area (Å²) in [5.74, 6) is -0.00146. The summed E-state index contributed by atoms with van der Waals surface area (Å²) < 4.78 is 25.3. The highest BCUT2D eigenvalue weighted by atomic mass is 32.2. The normalized spacial score (nSPS) is 12.8. The van der Waals surface area contributed by atoms with Crippen LogP contribution in [0.3, 0.4) is 0 Å². The molecule has 2 aromatic rings. The third-order valence-corrected chi connectivity index (χ3v) is 6.08. The first-order valence-corrected chi connectivity index (χ1v) is 10.1. The van der Waals surface area contributed by atoms with Gasteiger partial charge in [-0.3, -0.25) is 4.79 Å². The molecule has 1 amide bonds. The van der Waals surface area contributed by atoms with Gasteiger partial charge in [-0.1, -0.05) is 42.5 Å². The highest BCUT2D eigenvalue weighted by molar-refractivity contribution is 7.89. The third-order valence-electron chi connectivity index (χ3n) is 4.25. The van der Waals surface area contributed by atoms with Crippen molar-refractivity contribution >= 4 is 15.9 Å². The summed E-state index contributed by atoms with van der Waals surface area (Å²) in [7, 11) is -0.432. The molecule has 0 spiro atoms. The number of hydrogen-bond donors (Lipinski definition) is 1. The molecule has 2 aromatic carbocycles. The standard InChI is InChI=1S/C20H26N2O3S/c1-16(18-12-14-19(15-13-18)26(24,25)22(2)3)21-20(23)11-7-10-17-8-5-4-6-9-17/h4-6,8-9,12-16H,7,10-11H2,1-3H3,(H,21,23). The van der Waals surface area contributed by atoms with Crippen LogP contribution < -0.4 is 5.32 Å². The van der Waals surface area contributed by atoms with Crippen LogP contribution >= 0.6 is 0 Å². The molecule has 26 heavy (non-hydrogen) atoms. The van der Waals surface area contributed by atoms with E-state index >= 15 is 0 Å². The van der Waals surface area contributed by atoms with Crippen molar-refractivity contribution in [2.24, 2.45) is 0 Å². The van der Waals surface area contributed by atoms with Crippen LogP contribution in [0.2, 0.25) is 0 Å². The van der Waals surface area contributed by atoms with Gasteiger partial charge < -0.3 is 5.32 Å². The van der Waals surface area contributed by atoms with Crippen molar-refractivity contribution in [1.29, 1.82) is 0 Å². The molecule has 0 heterocycles. The topological polar surface area (TPSA) is 66.5 Å². The molecule has 5 nitrogen and oxygen atoms in total. The molecule has 1 atom stereocenters. The molecule has 0 bridgehead atoms. The van der Waals surface area contributed by atoms with E-state index in [1.807, 2.05) is 25.1 Å². The van der Waals surface area contributed by atoms with Crippen LogP contribution in [0.5, 0.6) is 0 Å². The molecule has 6 heteroatoms. The van der Waals surface area contributed by atoms with Gasteiger partial charge in [0.2, 0.25) is 15.9 Å². The fourth-order valence-corrected chi connectivity index (χ4v) is 3.54. The summed E-state index contributed by atoms with van der Waals surface area (Å²) in [6.45, 7) is 1.89. The van der Waals surface area contributed by atoms with E-state index in [0.29, 0.717) is 6.42 Å². The Kier molecular flexibility index (Phi) is 6.94. The number of carbonyl (C=O) groups excluding carboxylic acids is 1. The Morgan fingerprint density at radius 1 is 1.04 bits per heavy atom. The van der Waals surface area contributed by atoms with E-state index in [0.717, 1.165) is 18.4 Å². The van der Waals surface area contributed by atoms with Crippen LogP contribution in [0.25, 0.3) is 0 Å². The van der Waals surface area contributed by atoms with E-state index in [9.17, 15) is 13.2 Å². The lowest BCUT2D eigenvalue weighted by Crippen LogP contribution is -2.26. The van der Waals surface area contributed by atoms with E-state index in [1.165, 1.54) is 24.0 Å². The minimum atomic E-state index is -3.43. The van der Waals surface area contributed by atoms with E-state index in [-0.39, 0.29) is 16.8 Å². The molecule has 0 saturated carbocycles. The van der Waals surface area contributed by atoms with Gasteiger partial charge in [-0.2, -0.15) is 0 Å². The second kappa shape index (κ2) is 8.96. The lowest BCUT2D eigenvalue weighted by molar-refractivity contribution is -0.121. The zero-order valence-corrected chi connectivity index (χ0v) is 16.3. The Morgan fingerprint density at radius 2 is 1.65 bits per heavy atom. The Hall–Kier alpha value is -2.18. The maximum Gasteiger partial charge on any atom is 0.242 e. The van der Waals surface area contributed by atoms with Gasteiger partial charge >= 0.3 is 0 Å². The van der Waals surface area contributed by atoms with Gasteiger partial charge in [-0.05, 0) is 43.0 Å². The van der Waals surface area contributed by atoms with E-state index in [2.05, 4.69) is 17.4 Å². The van der Waals surface area contributed by atoms with E-state index < -0.39 is 10.0 Å². The van der Waals surface area contributed by atoms with Crippen molar-refractivity contribution in [3.8, 4) is 0 Å². The fraction of sp³-hybridized carbons (Fsp3) is 0.350. The van der Waals surface area contributed by atoms with Crippen molar-refractivity contribution in [3.63, 3.8) is 0 Å². The van der Waals surface area contributed by atoms with Gasteiger partial charge in [0.1, 0.15) is 0 Å². The minimum absolute atomic E-state index is 0.00146. The van der Waals surface area contributed by atoms with Crippen LogP contribution in [-0.4, -0.2) is 32.7 Å². The fourth-order valence-electron chi connectivity index (χ4n) is 2.63. The maximum absolute atomic E-state index is 12.1. The Balaban J connectivity index is 1.87. The number of benzene rings is 2. The highest BCUT2D eigenvalue weighted by Gasteiger charge is 2.17. The molecule has 0 aliphatic rings. The van der Waals surface area contributed by atoms with Crippen molar-refractivity contribution in [3.05, 3.63) is 65.7 Å². The molecule has 0 radical (unpaired) electrons. The number of sulfonamides is 1. The number of hydrogen-bond acceptors (Lipinski definition) is 3. The zero-order chi connectivity index (χ0) is 19.2. The summed E-state index contributed by atoms with van der Waals surface area (Å²) in [5, 5.41) is 2.96. The highest BCUT2D eigenvalue weighted by Crippen LogP contribution is 2.18. The lowest BCUT2D eigenvalue weighted by atomic mass is 10.1. The molecule has 1 N–H and O–H groups in total. The molecule has 140 valence electrons. The van der Waals surface area contributed by atoms with Crippen LogP contribution in [0.1, 0.15) is 36.9 Å². The predicted octanol–water partition coefficient (Wildman–Crippen LogP) is 3.14. The largest absolute Gasteiger partial charge is 0.350 e. The molecule has 0 fully saturated rings. The zero-order valence-electron chi connectivity index (χ0n) is 15.5. The van der Waals surface area contributed by atoms with E-state index in [1.54, 1.807) is 24.3 Å². The van der Waals surface area contributed by atoms with Crippen molar-refractivity contribution < 1.29 is 13.2 Å². The molecule has 0 saturated heterocycles. The lowest BCUT2D eigenvalue weighted by Gasteiger charge is -2.16. The molecule has 0 aliphatic carbocycles. The molecule has 0 aliphatic heterocycles. The van der Waals surface area contributed by atoms with Gasteiger partial charge in [0, 0.05) is 20.5 Å². The quantitative estimate of drug-likeness (QED) is 0.772. The average molecular weight is 375 g/mol. The van der Waals surface area contributed by atoms with Gasteiger partial charge in [0.15, 0.2) is 0 Å². The van der Waals surface area contributed by atoms with Gasteiger partial charge in [0.25, 0.3) is 0 Å². The Bertz CT molecular complexity index is 816. The Morgan fingerprint density at radius 3 is 2.23 bits per heavy atom. The predicted molar refractivity (Wildman–Crippen MR) is 103 cm³/mol. The number of rotatable bonds is 8. The van der Waals surface area contributed by atoms with Crippen LogP contribution in [0.4, 0.5) is 0 Å². The van der Waals surface area contributed by atoms with Crippen LogP contribution in [0, 0.1) is 0 Å². The summed E-state index contributed by atoms with van der Waals surface area (Å²) in [5.41, 5.74) is 2.10. The SMILES string of the molecule is CC(NC(=O)CCCc1ccccc1)c1ccc(S(=O)(=O)N(C)C)cc1. The van der Waals surface area contributed by atoms with E-state index in [4.69, 9.17) is 0 Å². The second-order valence-electron chi connectivity index (χ2n) is 6.48. The van der Waals surface area contributed by atoms with Crippen LogP contribution in [0.15, 0.2) is 59.5 Å². The molecule has 2 rings (SSSR count). The second-order valence-corrected chi connectivity index (χ2v) is 8.64. The average Bonchev–Trinajstić information content (AvgIpc) is 2.62. The monoisotopic (exact) mass is 374 g/mol. The van der Waals surface area contributed by atoms with Gasteiger partial charge in [-0.25, -0.2) is 12.7 Å². The van der Waals surface area contributed by atoms with Crippen molar-refractivity contribution in [2.45, 2.75) is 37.1 Å². The number of carbonyl (C=O) groups is 1. The molecular formula is C20H26N2O3S. The third kappa shape index (κ3) is 5.41. The first-order valence-electron chi connectivity index (χ1n) is 8.66. The van der Waals surface area contributed by atoms with Gasteiger partial charge in [0.05, 0.1) is 10.9 Å². The smallest absolute Gasteiger partial charge is 0.242 e. The maximum atomic E-state index is 12.1.